The van der Waals surface area contributed by atoms with E-state index in [9.17, 15) is 9.59 Å². The highest BCUT2D eigenvalue weighted by Gasteiger charge is 2.35. The zero-order valence-electron chi connectivity index (χ0n) is 11.7. The quantitative estimate of drug-likeness (QED) is 0.730. The SMILES string of the molecule is O=C(c1cnc2ccccn2c1=O)N1CCC1c1cccs1. The van der Waals surface area contributed by atoms with E-state index in [1.807, 2.05) is 23.6 Å². The number of fused-ring (bicyclic) bond motifs is 1. The predicted molar refractivity (Wildman–Crippen MR) is 84.2 cm³/mol. The lowest BCUT2D eigenvalue weighted by molar-refractivity contribution is 0.0465. The average molecular weight is 311 g/mol. The first-order valence-electron chi connectivity index (χ1n) is 7.06. The van der Waals surface area contributed by atoms with Gasteiger partial charge in [0.05, 0.1) is 6.04 Å². The smallest absolute Gasteiger partial charge is 0.270 e. The van der Waals surface area contributed by atoms with Crippen LogP contribution >= 0.6 is 11.3 Å². The van der Waals surface area contributed by atoms with Gasteiger partial charge in [-0.2, -0.15) is 0 Å². The number of rotatable bonds is 2. The van der Waals surface area contributed by atoms with Crippen LogP contribution in [0.2, 0.25) is 0 Å². The summed E-state index contributed by atoms with van der Waals surface area (Å²) >= 11 is 1.64. The Morgan fingerprint density at radius 1 is 1.27 bits per heavy atom. The number of carbonyl (C=O) groups is 1. The number of likely N-dealkylation sites (tertiary alicyclic amines) is 1. The Hall–Kier alpha value is -2.47. The number of amides is 1. The third-order valence-electron chi connectivity index (χ3n) is 4.00. The number of pyridine rings is 1. The zero-order chi connectivity index (χ0) is 15.1. The van der Waals surface area contributed by atoms with Crippen LogP contribution in [0.4, 0.5) is 0 Å². The summed E-state index contributed by atoms with van der Waals surface area (Å²) < 4.78 is 1.41. The number of thiophene rings is 1. The van der Waals surface area contributed by atoms with Gasteiger partial charge in [0.2, 0.25) is 0 Å². The van der Waals surface area contributed by atoms with E-state index in [0.29, 0.717) is 12.2 Å². The topological polar surface area (TPSA) is 54.7 Å². The highest BCUT2D eigenvalue weighted by atomic mass is 32.1. The minimum atomic E-state index is -0.313. The van der Waals surface area contributed by atoms with Crippen molar-refractivity contribution in [3.05, 3.63) is 68.9 Å². The molecule has 4 rings (SSSR count). The Balaban J connectivity index is 1.72. The standard InChI is InChI=1S/C16H13N3O2S/c20-15(18-8-6-12(18)13-4-3-9-22-13)11-10-17-14-5-1-2-7-19(14)16(11)21/h1-5,7,9-10,12H,6,8H2. The van der Waals surface area contributed by atoms with Gasteiger partial charge in [-0.25, -0.2) is 4.98 Å². The van der Waals surface area contributed by atoms with Crippen LogP contribution in [0, 0.1) is 0 Å². The van der Waals surface area contributed by atoms with Gasteiger partial charge < -0.3 is 4.90 Å². The highest BCUT2D eigenvalue weighted by Crippen LogP contribution is 2.36. The van der Waals surface area contributed by atoms with Gasteiger partial charge in [0.15, 0.2) is 0 Å². The maximum Gasteiger partial charge on any atom is 0.270 e. The van der Waals surface area contributed by atoms with Crippen molar-refractivity contribution in [3.63, 3.8) is 0 Å². The third-order valence-corrected chi connectivity index (χ3v) is 4.97. The van der Waals surface area contributed by atoms with Gasteiger partial charge in [-0.1, -0.05) is 12.1 Å². The summed E-state index contributed by atoms with van der Waals surface area (Å²) in [6.45, 7) is 0.679. The van der Waals surface area contributed by atoms with Crippen LogP contribution < -0.4 is 5.56 Å². The van der Waals surface area contributed by atoms with E-state index in [4.69, 9.17) is 0 Å². The molecule has 0 saturated carbocycles. The van der Waals surface area contributed by atoms with Gasteiger partial charge in [0.1, 0.15) is 11.2 Å². The molecule has 5 nitrogen and oxygen atoms in total. The van der Waals surface area contributed by atoms with Crippen LogP contribution in [0.1, 0.15) is 27.7 Å². The fourth-order valence-electron chi connectivity index (χ4n) is 2.74. The van der Waals surface area contributed by atoms with Gasteiger partial charge >= 0.3 is 0 Å². The van der Waals surface area contributed by atoms with Gasteiger partial charge in [-0.15, -0.1) is 11.3 Å². The highest BCUT2D eigenvalue weighted by molar-refractivity contribution is 7.10. The normalized spacial score (nSPS) is 17.5. The monoisotopic (exact) mass is 311 g/mol. The Labute approximate surface area is 130 Å². The van der Waals surface area contributed by atoms with E-state index in [0.717, 1.165) is 11.3 Å². The molecule has 1 aliphatic rings. The molecule has 0 spiro atoms. The molecule has 1 saturated heterocycles. The van der Waals surface area contributed by atoms with Gasteiger partial charge in [-0.05, 0) is 30.0 Å². The molecule has 1 atom stereocenters. The molecule has 22 heavy (non-hydrogen) atoms. The number of aromatic nitrogens is 2. The van der Waals surface area contributed by atoms with E-state index in [2.05, 4.69) is 4.98 Å². The summed E-state index contributed by atoms with van der Waals surface area (Å²) in [5, 5.41) is 2.00. The van der Waals surface area contributed by atoms with Crippen LogP contribution in [0.3, 0.4) is 0 Å². The van der Waals surface area contributed by atoms with Crippen LogP contribution in [-0.2, 0) is 0 Å². The number of hydrogen-bond donors (Lipinski definition) is 0. The number of carbonyl (C=O) groups excluding carboxylic acids is 1. The zero-order valence-corrected chi connectivity index (χ0v) is 12.5. The van der Waals surface area contributed by atoms with Crippen molar-refractivity contribution in [3.8, 4) is 0 Å². The number of hydrogen-bond acceptors (Lipinski definition) is 4. The van der Waals surface area contributed by atoms with Crippen molar-refractivity contribution in [2.45, 2.75) is 12.5 Å². The summed E-state index contributed by atoms with van der Waals surface area (Å²) in [7, 11) is 0. The van der Waals surface area contributed by atoms with Gasteiger partial charge in [-0.3, -0.25) is 14.0 Å². The molecule has 1 amide bonds. The molecule has 3 aromatic rings. The van der Waals surface area contributed by atoms with Crippen molar-refractivity contribution in [2.24, 2.45) is 0 Å². The second kappa shape index (κ2) is 5.06. The number of nitrogens with zero attached hydrogens (tertiary/aromatic N) is 3. The summed E-state index contributed by atoms with van der Waals surface area (Å²) in [5.41, 5.74) is 0.361. The Morgan fingerprint density at radius 3 is 2.91 bits per heavy atom. The van der Waals surface area contributed by atoms with Crippen LogP contribution in [0.15, 0.2) is 52.9 Å². The lowest BCUT2D eigenvalue weighted by Crippen LogP contribution is -2.46. The Bertz CT molecular complexity index is 901. The largest absolute Gasteiger partial charge is 0.330 e. The maximum absolute atomic E-state index is 12.7. The van der Waals surface area contributed by atoms with Gasteiger partial charge in [0.25, 0.3) is 11.5 Å². The lowest BCUT2D eigenvalue weighted by atomic mass is 10.0. The molecule has 3 aromatic heterocycles. The first-order chi connectivity index (χ1) is 10.8. The molecule has 0 bridgehead atoms. The molecule has 1 unspecified atom stereocenters. The Morgan fingerprint density at radius 2 is 2.18 bits per heavy atom. The molecule has 0 N–H and O–H groups in total. The minimum Gasteiger partial charge on any atom is -0.330 e. The maximum atomic E-state index is 12.7. The molecule has 0 aromatic carbocycles. The molecule has 0 radical (unpaired) electrons. The molecule has 1 fully saturated rings. The fraction of sp³-hybridized carbons (Fsp3) is 0.188. The van der Waals surface area contributed by atoms with E-state index in [1.165, 1.54) is 10.6 Å². The lowest BCUT2D eigenvalue weighted by Gasteiger charge is -2.40. The summed E-state index contributed by atoms with van der Waals surface area (Å²) in [6.07, 6.45) is 3.96. The molecule has 0 aliphatic carbocycles. The van der Waals surface area contributed by atoms with Crippen molar-refractivity contribution >= 4 is 22.9 Å². The molecule has 1 aliphatic heterocycles. The van der Waals surface area contributed by atoms with Crippen molar-refractivity contribution in [1.29, 1.82) is 0 Å². The minimum absolute atomic E-state index is 0.0865. The molecule has 4 heterocycles. The van der Waals surface area contributed by atoms with Crippen LogP contribution in [-0.4, -0.2) is 26.7 Å². The van der Waals surface area contributed by atoms with Crippen molar-refractivity contribution < 1.29 is 4.79 Å². The van der Waals surface area contributed by atoms with E-state index < -0.39 is 0 Å². The molecular formula is C16H13N3O2S. The van der Waals surface area contributed by atoms with Crippen LogP contribution in [0.5, 0.6) is 0 Å². The summed E-state index contributed by atoms with van der Waals surface area (Å²) in [6, 6.07) is 9.40. The molecule has 110 valence electrons. The van der Waals surface area contributed by atoms with E-state index in [-0.39, 0.29) is 23.1 Å². The first-order valence-corrected chi connectivity index (χ1v) is 7.94. The van der Waals surface area contributed by atoms with Crippen LogP contribution in [0.25, 0.3) is 5.65 Å². The molecule has 6 heteroatoms. The van der Waals surface area contributed by atoms with E-state index >= 15 is 0 Å². The summed E-state index contributed by atoms with van der Waals surface area (Å²) in [5.74, 6) is -0.236. The van der Waals surface area contributed by atoms with E-state index in [1.54, 1.807) is 34.6 Å². The average Bonchev–Trinajstić information content (AvgIpc) is 3.00. The van der Waals surface area contributed by atoms with Crippen molar-refractivity contribution in [1.82, 2.24) is 14.3 Å². The molecular weight excluding hydrogens is 298 g/mol. The Kier molecular flexibility index (Phi) is 3.04. The second-order valence-corrected chi connectivity index (χ2v) is 6.20. The van der Waals surface area contributed by atoms with Gasteiger partial charge in [0, 0.05) is 23.8 Å². The fourth-order valence-corrected chi connectivity index (χ4v) is 3.61. The van der Waals surface area contributed by atoms with Crippen molar-refractivity contribution in [2.75, 3.05) is 6.54 Å². The predicted octanol–water partition coefficient (Wildman–Crippen LogP) is 2.34. The summed E-state index contributed by atoms with van der Waals surface area (Å²) in [4.78, 5) is 32.3. The third kappa shape index (κ3) is 1.95. The second-order valence-electron chi connectivity index (χ2n) is 5.22. The first kappa shape index (κ1) is 13.2.